The molecule has 0 spiro atoms. The molecule has 0 saturated heterocycles. The maximum Gasteiger partial charge on any atom is 0.141 e. The molecule has 0 atom stereocenters. The molecule has 19 heavy (non-hydrogen) atoms. The highest BCUT2D eigenvalue weighted by atomic mass is 79.9. The zero-order chi connectivity index (χ0) is 14.0. The fourth-order valence-electron chi connectivity index (χ4n) is 1.74. The van der Waals surface area contributed by atoms with Crippen molar-refractivity contribution in [1.29, 1.82) is 5.41 Å². The Balaban J connectivity index is 2.31. The average Bonchev–Trinajstić information content (AvgIpc) is 2.34. The first-order valence-corrected chi connectivity index (χ1v) is 6.65. The number of nitrogens with two attached hydrogens (primary N) is 1. The Labute approximate surface area is 121 Å². The summed E-state index contributed by atoms with van der Waals surface area (Å²) in [6.07, 6.45) is 0. The standard InChI is InChI=1S/C15H15BrN2O/c1-9-3-5-14(12(16)7-9)19-13-6-4-11(15(17)18)8-10(13)2/h3-8H,1-2H3,(H3,17,18). The second-order valence-electron chi connectivity index (χ2n) is 4.43. The van der Waals surface area contributed by atoms with E-state index < -0.39 is 0 Å². The summed E-state index contributed by atoms with van der Waals surface area (Å²) in [5, 5.41) is 7.41. The summed E-state index contributed by atoms with van der Waals surface area (Å²) in [6.45, 7) is 3.96. The number of rotatable bonds is 3. The maximum atomic E-state index is 7.41. The van der Waals surface area contributed by atoms with E-state index in [-0.39, 0.29) is 5.84 Å². The zero-order valence-electron chi connectivity index (χ0n) is 10.8. The van der Waals surface area contributed by atoms with Gasteiger partial charge in [-0.1, -0.05) is 6.07 Å². The number of hydrogen-bond donors (Lipinski definition) is 2. The molecule has 2 aromatic rings. The van der Waals surface area contributed by atoms with Crippen molar-refractivity contribution >= 4 is 21.8 Å². The van der Waals surface area contributed by atoms with Gasteiger partial charge in [0.2, 0.25) is 0 Å². The number of nitrogens with one attached hydrogen (secondary N) is 1. The molecule has 0 fully saturated rings. The summed E-state index contributed by atoms with van der Waals surface area (Å²) in [5.41, 5.74) is 8.28. The molecule has 4 heteroatoms. The number of aryl methyl sites for hydroxylation is 2. The van der Waals surface area contributed by atoms with Crippen LogP contribution >= 0.6 is 15.9 Å². The van der Waals surface area contributed by atoms with Crippen LogP contribution in [0.5, 0.6) is 11.5 Å². The Hall–Kier alpha value is -1.81. The Morgan fingerprint density at radius 3 is 2.37 bits per heavy atom. The number of benzene rings is 2. The van der Waals surface area contributed by atoms with E-state index in [4.69, 9.17) is 15.9 Å². The predicted octanol–water partition coefficient (Wildman–Crippen LogP) is 4.14. The van der Waals surface area contributed by atoms with E-state index >= 15 is 0 Å². The van der Waals surface area contributed by atoms with E-state index in [1.54, 1.807) is 6.07 Å². The molecule has 0 aromatic heterocycles. The summed E-state index contributed by atoms with van der Waals surface area (Å²) in [4.78, 5) is 0. The van der Waals surface area contributed by atoms with Gasteiger partial charge in [-0.2, -0.15) is 0 Å². The molecule has 0 aliphatic carbocycles. The van der Waals surface area contributed by atoms with Crippen LogP contribution in [0.15, 0.2) is 40.9 Å². The van der Waals surface area contributed by atoms with Crippen LogP contribution in [0.1, 0.15) is 16.7 Å². The van der Waals surface area contributed by atoms with Crippen molar-refractivity contribution in [2.24, 2.45) is 5.73 Å². The van der Waals surface area contributed by atoms with E-state index in [0.717, 1.165) is 21.5 Å². The molecule has 0 unspecified atom stereocenters. The molecular weight excluding hydrogens is 304 g/mol. The monoisotopic (exact) mass is 318 g/mol. The summed E-state index contributed by atoms with van der Waals surface area (Å²) in [7, 11) is 0. The van der Waals surface area contributed by atoms with Gasteiger partial charge in [0.15, 0.2) is 0 Å². The predicted molar refractivity (Wildman–Crippen MR) is 81.1 cm³/mol. The third-order valence-corrected chi connectivity index (χ3v) is 3.41. The van der Waals surface area contributed by atoms with Gasteiger partial charge in [-0.05, 0) is 71.2 Å². The second kappa shape index (κ2) is 5.45. The molecule has 0 amide bonds. The van der Waals surface area contributed by atoms with Gasteiger partial charge in [-0.25, -0.2) is 0 Å². The van der Waals surface area contributed by atoms with Crippen molar-refractivity contribution in [3.8, 4) is 11.5 Å². The molecule has 0 saturated carbocycles. The number of nitrogen functional groups attached to an aromatic ring is 1. The van der Waals surface area contributed by atoms with Crippen LogP contribution in [0, 0.1) is 19.3 Å². The van der Waals surface area contributed by atoms with Crippen molar-refractivity contribution < 1.29 is 4.74 Å². The van der Waals surface area contributed by atoms with Crippen molar-refractivity contribution in [1.82, 2.24) is 0 Å². The molecule has 2 aromatic carbocycles. The number of ether oxygens (including phenoxy) is 1. The minimum Gasteiger partial charge on any atom is -0.456 e. The lowest BCUT2D eigenvalue weighted by Crippen LogP contribution is -2.11. The number of hydrogen-bond acceptors (Lipinski definition) is 2. The fraction of sp³-hybridized carbons (Fsp3) is 0.133. The van der Waals surface area contributed by atoms with Gasteiger partial charge in [0.1, 0.15) is 17.3 Å². The lowest BCUT2D eigenvalue weighted by Gasteiger charge is -2.11. The van der Waals surface area contributed by atoms with Gasteiger partial charge in [0.05, 0.1) is 4.47 Å². The van der Waals surface area contributed by atoms with Gasteiger partial charge in [0, 0.05) is 5.56 Å². The van der Waals surface area contributed by atoms with Crippen LogP contribution in [-0.4, -0.2) is 5.84 Å². The Morgan fingerprint density at radius 2 is 1.79 bits per heavy atom. The van der Waals surface area contributed by atoms with Gasteiger partial charge in [0.25, 0.3) is 0 Å². The zero-order valence-corrected chi connectivity index (χ0v) is 12.4. The van der Waals surface area contributed by atoms with Crippen LogP contribution in [0.2, 0.25) is 0 Å². The van der Waals surface area contributed by atoms with E-state index in [1.807, 2.05) is 44.2 Å². The topological polar surface area (TPSA) is 59.1 Å². The van der Waals surface area contributed by atoms with Gasteiger partial charge < -0.3 is 10.5 Å². The third-order valence-electron chi connectivity index (χ3n) is 2.79. The van der Waals surface area contributed by atoms with Crippen LogP contribution in [0.3, 0.4) is 0 Å². The Kier molecular flexibility index (Phi) is 3.90. The third kappa shape index (κ3) is 3.15. The summed E-state index contributed by atoms with van der Waals surface area (Å²) in [6, 6.07) is 11.4. The maximum absolute atomic E-state index is 7.41. The van der Waals surface area contributed by atoms with Crippen molar-refractivity contribution in [3.63, 3.8) is 0 Å². The molecular formula is C15H15BrN2O. The first-order valence-electron chi connectivity index (χ1n) is 5.86. The van der Waals surface area contributed by atoms with E-state index in [2.05, 4.69) is 15.9 Å². The summed E-state index contributed by atoms with van der Waals surface area (Å²) >= 11 is 3.49. The normalized spacial score (nSPS) is 10.3. The highest BCUT2D eigenvalue weighted by molar-refractivity contribution is 9.10. The first kappa shape index (κ1) is 13.6. The van der Waals surface area contributed by atoms with Crippen LogP contribution in [-0.2, 0) is 0 Å². The van der Waals surface area contributed by atoms with E-state index in [0.29, 0.717) is 5.56 Å². The van der Waals surface area contributed by atoms with Crippen LogP contribution in [0.4, 0.5) is 0 Å². The highest BCUT2D eigenvalue weighted by Crippen LogP contribution is 2.32. The van der Waals surface area contributed by atoms with Crippen LogP contribution in [0.25, 0.3) is 0 Å². The molecule has 0 aliphatic rings. The van der Waals surface area contributed by atoms with E-state index in [1.165, 1.54) is 5.56 Å². The first-order chi connectivity index (χ1) is 8.97. The quantitative estimate of drug-likeness (QED) is 0.660. The van der Waals surface area contributed by atoms with Crippen molar-refractivity contribution in [2.45, 2.75) is 13.8 Å². The molecule has 3 N–H and O–H groups in total. The molecule has 98 valence electrons. The van der Waals surface area contributed by atoms with Crippen molar-refractivity contribution in [2.75, 3.05) is 0 Å². The summed E-state index contributed by atoms with van der Waals surface area (Å²) < 4.78 is 6.79. The smallest absolute Gasteiger partial charge is 0.141 e. The lowest BCUT2D eigenvalue weighted by molar-refractivity contribution is 0.476. The van der Waals surface area contributed by atoms with Crippen LogP contribution < -0.4 is 10.5 Å². The molecule has 2 rings (SSSR count). The average molecular weight is 319 g/mol. The van der Waals surface area contributed by atoms with E-state index in [9.17, 15) is 0 Å². The molecule has 3 nitrogen and oxygen atoms in total. The summed E-state index contributed by atoms with van der Waals surface area (Å²) in [5.74, 6) is 1.59. The van der Waals surface area contributed by atoms with Crippen molar-refractivity contribution in [3.05, 3.63) is 57.6 Å². The fourth-order valence-corrected chi connectivity index (χ4v) is 2.31. The minimum atomic E-state index is 0.0613. The molecule has 0 heterocycles. The lowest BCUT2D eigenvalue weighted by atomic mass is 10.1. The highest BCUT2D eigenvalue weighted by Gasteiger charge is 2.07. The van der Waals surface area contributed by atoms with Gasteiger partial charge >= 0.3 is 0 Å². The minimum absolute atomic E-state index is 0.0613. The number of halogens is 1. The molecule has 0 aliphatic heterocycles. The van der Waals surface area contributed by atoms with Gasteiger partial charge in [-0.15, -0.1) is 0 Å². The SMILES string of the molecule is Cc1ccc(Oc2ccc(C(=N)N)cc2C)c(Br)c1. The Bertz CT molecular complexity index is 638. The molecule has 0 bridgehead atoms. The Morgan fingerprint density at radius 1 is 1.11 bits per heavy atom. The van der Waals surface area contributed by atoms with Gasteiger partial charge in [-0.3, -0.25) is 5.41 Å². The largest absolute Gasteiger partial charge is 0.456 e. The molecule has 0 radical (unpaired) electrons. The second-order valence-corrected chi connectivity index (χ2v) is 5.28. The number of amidine groups is 1.